The van der Waals surface area contributed by atoms with Gasteiger partial charge in [0, 0.05) is 41.2 Å². The van der Waals surface area contributed by atoms with Crippen LogP contribution in [0.2, 0.25) is 0 Å². The number of phenolic OH excluding ortho intramolecular Hbond substituents is 1. The van der Waals surface area contributed by atoms with E-state index in [0.717, 1.165) is 49.5 Å². The molecular formula is C27H40Cl2N2O5. The number of methoxy groups -OCH3 is 1. The number of aromatic hydroxyl groups is 1. The molecule has 36 heavy (non-hydrogen) atoms. The lowest BCUT2D eigenvalue weighted by Gasteiger charge is -2.60. The molecule has 0 aromatic heterocycles. The van der Waals surface area contributed by atoms with Crippen LogP contribution in [0.1, 0.15) is 63.5 Å². The van der Waals surface area contributed by atoms with Gasteiger partial charge in [-0.05, 0) is 69.2 Å². The van der Waals surface area contributed by atoms with E-state index in [9.17, 15) is 15.0 Å². The number of hydrogen-bond acceptors (Lipinski definition) is 6. The summed E-state index contributed by atoms with van der Waals surface area (Å²) in [6.45, 7) is 6.35. The molecule has 2 heterocycles. The number of ether oxygens (including phenoxy) is 2. The summed E-state index contributed by atoms with van der Waals surface area (Å²) < 4.78 is 12.4. The van der Waals surface area contributed by atoms with Crippen molar-refractivity contribution in [3.05, 3.63) is 17.2 Å². The first-order chi connectivity index (χ1) is 16.3. The van der Waals surface area contributed by atoms with Crippen molar-refractivity contribution >= 4 is 30.8 Å². The van der Waals surface area contributed by atoms with Crippen LogP contribution in [0, 0.1) is 17.8 Å². The number of nitrogens with zero attached hydrogens (tertiary/aromatic N) is 1. The van der Waals surface area contributed by atoms with E-state index in [1.165, 1.54) is 24.9 Å². The van der Waals surface area contributed by atoms with Crippen LogP contribution >= 0.6 is 24.8 Å². The molecule has 0 radical (unpaired) electrons. The third-order valence-corrected chi connectivity index (χ3v) is 9.35. The number of nitrogens with one attached hydrogen (secondary N) is 1. The fraction of sp³-hybridized carbons (Fsp3) is 0.741. The van der Waals surface area contributed by atoms with E-state index in [2.05, 4.69) is 24.1 Å². The second-order valence-corrected chi connectivity index (χ2v) is 11.8. The zero-order valence-corrected chi connectivity index (χ0v) is 23.0. The van der Waals surface area contributed by atoms with Crippen LogP contribution in [0.3, 0.4) is 0 Å². The van der Waals surface area contributed by atoms with Crippen molar-refractivity contribution < 1.29 is 24.5 Å². The minimum Gasteiger partial charge on any atom is -0.504 e. The standard InChI is InChI=1S/C27H38N2O5.2ClH/c1-14(2)10-19(26(31)32)28-18-7-6-17-20-11-16-22(33-3)12-21(30)24-23(16)27(17,25(18)34-24)8-9-29(20)13-15-4-5-15;;/h12,14-15,17-20,25,28,30H,4-11,13H2,1-3H3,(H,31,32);2*1H/t17-,18-,19-,20+,25-,27-;;/m0../s1. The third-order valence-electron chi connectivity index (χ3n) is 9.35. The van der Waals surface area contributed by atoms with Crippen LogP contribution in [-0.4, -0.2) is 65.5 Å². The zero-order valence-electron chi connectivity index (χ0n) is 21.4. The summed E-state index contributed by atoms with van der Waals surface area (Å²) in [5, 5.41) is 24.4. The average Bonchev–Trinajstić information content (AvgIpc) is 3.54. The molecule has 9 heteroatoms. The molecule has 1 saturated heterocycles. The quantitative estimate of drug-likeness (QED) is 0.454. The fourth-order valence-electron chi connectivity index (χ4n) is 7.86. The van der Waals surface area contributed by atoms with Crippen LogP contribution in [-0.2, 0) is 16.6 Å². The molecule has 0 amide bonds. The number of carboxylic acids is 1. The molecule has 202 valence electrons. The Balaban J connectivity index is 0.00000152. The summed E-state index contributed by atoms with van der Waals surface area (Å²) in [6.07, 6.45) is 6.98. The Morgan fingerprint density at radius 1 is 1.28 bits per heavy atom. The summed E-state index contributed by atoms with van der Waals surface area (Å²) in [4.78, 5) is 14.8. The molecule has 3 N–H and O–H groups in total. The van der Waals surface area contributed by atoms with Crippen molar-refractivity contribution in [3.8, 4) is 17.2 Å². The molecule has 2 saturated carbocycles. The molecule has 3 aliphatic carbocycles. The zero-order chi connectivity index (χ0) is 23.8. The number of carbonyl (C=O) groups is 1. The van der Waals surface area contributed by atoms with Gasteiger partial charge in [0.05, 0.1) is 7.11 Å². The Labute approximate surface area is 226 Å². The molecule has 0 unspecified atom stereocenters. The smallest absolute Gasteiger partial charge is 0.320 e. The highest BCUT2D eigenvalue weighted by molar-refractivity contribution is 5.85. The number of carboxylic acid groups (broad SMARTS) is 1. The first kappa shape index (κ1) is 27.6. The van der Waals surface area contributed by atoms with Crippen LogP contribution in [0.4, 0.5) is 0 Å². The third kappa shape index (κ3) is 4.14. The summed E-state index contributed by atoms with van der Waals surface area (Å²) in [6, 6.07) is 1.51. The molecule has 2 bridgehead atoms. The summed E-state index contributed by atoms with van der Waals surface area (Å²) in [5.41, 5.74) is 2.15. The maximum absolute atomic E-state index is 12.1. The van der Waals surface area contributed by atoms with Crippen LogP contribution in [0.15, 0.2) is 6.07 Å². The molecular weight excluding hydrogens is 503 g/mol. The Morgan fingerprint density at radius 3 is 2.67 bits per heavy atom. The Morgan fingerprint density at radius 2 is 2.03 bits per heavy atom. The van der Waals surface area contributed by atoms with E-state index in [-0.39, 0.29) is 54.0 Å². The van der Waals surface area contributed by atoms with Crippen molar-refractivity contribution in [2.24, 2.45) is 17.8 Å². The molecule has 7 nitrogen and oxygen atoms in total. The van der Waals surface area contributed by atoms with E-state index in [1.807, 2.05) is 0 Å². The molecule has 6 rings (SSSR count). The van der Waals surface area contributed by atoms with Gasteiger partial charge in [-0.3, -0.25) is 15.0 Å². The van der Waals surface area contributed by atoms with Crippen molar-refractivity contribution in [2.45, 2.75) is 88.4 Å². The first-order valence-electron chi connectivity index (χ1n) is 13.2. The van der Waals surface area contributed by atoms with E-state index >= 15 is 0 Å². The lowest BCUT2D eigenvalue weighted by Crippen LogP contribution is -2.69. The summed E-state index contributed by atoms with van der Waals surface area (Å²) in [7, 11) is 1.68. The van der Waals surface area contributed by atoms with Gasteiger partial charge in [-0.25, -0.2) is 0 Å². The maximum Gasteiger partial charge on any atom is 0.320 e. The van der Waals surface area contributed by atoms with Crippen molar-refractivity contribution in [2.75, 3.05) is 20.2 Å². The normalized spacial score (nSPS) is 32.6. The monoisotopic (exact) mass is 542 g/mol. The summed E-state index contributed by atoms with van der Waals surface area (Å²) in [5.74, 6) is 2.31. The van der Waals surface area contributed by atoms with Crippen molar-refractivity contribution in [1.82, 2.24) is 10.2 Å². The van der Waals surface area contributed by atoms with Crippen LogP contribution in [0.25, 0.3) is 0 Å². The van der Waals surface area contributed by atoms with Gasteiger partial charge in [-0.1, -0.05) is 13.8 Å². The second kappa shape index (κ2) is 10.0. The Bertz CT molecular complexity index is 1000. The Kier molecular flexibility index (Phi) is 7.71. The lowest BCUT2D eigenvalue weighted by molar-refractivity contribution is -0.141. The topological polar surface area (TPSA) is 91.3 Å². The number of phenols is 1. The Hall–Kier alpha value is -1.41. The van der Waals surface area contributed by atoms with E-state index in [0.29, 0.717) is 24.1 Å². The molecule has 6 atom stereocenters. The van der Waals surface area contributed by atoms with Gasteiger partial charge in [0.1, 0.15) is 17.9 Å². The molecule has 1 aromatic carbocycles. The molecule has 1 aromatic rings. The van der Waals surface area contributed by atoms with Gasteiger partial charge in [0.15, 0.2) is 11.5 Å². The fourth-order valence-corrected chi connectivity index (χ4v) is 7.86. The number of halogens is 2. The predicted octanol–water partition coefficient (Wildman–Crippen LogP) is 4.15. The molecule has 2 aliphatic heterocycles. The number of rotatable bonds is 8. The number of aliphatic carboxylic acids is 1. The maximum atomic E-state index is 12.1. The number of piperidine rings is 1. The van der Waals surface area contributed by atoms with Gasteiger partial charge in [-0.2, -0.15) is 0 Å². The minimum atomic E-state index is -0.796. The molecule has 3 fully saturated rings. The molecule has 1 spiro atoms. The van der Waals surface area contributed by atoms with Gasteiger partial charge in [0.25, 0.3) is 0 Å². The highest BCUT2D eigenvalue weighted by Crippen LogP contribution is 2.65. The average molecular weight is 544 g/mol. The van der Waals surface area contributed by atoms with Crippen LogP contribution < -0.4 is 14.8 Å². The highest BCUT2D eigenvalue weighted by Gasteiger charge is 2.66. The number of hydrogen-bond donors (Lipinski definition) is 3. The molecule has 5 aliphatic rings. The van der Waals surface area contributed by atoms with Gasteiger partial charge < -0.3 is 19.7 Å². The SMILES string of the molecule is COc1cc(O)c2c3c1C[C@@H]1[C@@H]4CC[C@H](N[C@@H](CC(C)C)C(=O)O)[C@H](O2)[C@]34CCN1CC1CC1.Cl.Cl. The van der Waals surface area contributed by atoms with E-state index in [4.69, 9.17) is 9.47 Å². The van der Waals surface area contributed by atoms with E-state index in [1.54, 1.807) is 13.2 Å². The minimum absolute atomic E-state index is 0. The van der Waals surface area contributed by atoms with Gasteiger partial charge in [-0.15, -0.1) is 24.8 Å². The van der Waals surface area contributed by atoms with Crippen molar-refractivity contribution in [3.63, 3.8) is 0 Å². The van der Waals surface area contributed by atoms with Crippen molar-refractivity contribution in [1.29, 1.82) is 0 Å². The first-order valence-corrected chi connectivity index (χ1v) is 13.2. The summed E-state index contributed by atoms with van der Waals surface area (Å²) >= 11 is 0. The largest absolute Gasteiger partial charge is 0.504 e. The number of likely N-dealkylation sites (tertiary alicyclic amines) is 1. The number of benzene rings is 1. The van der Waals surface area contributed by atoms with Crippen LogP contribution in [0.5, 0.6) is 17.2 Å². The lowest BCUT2D eigenvalue weighted by atomic mass is 9.51. The predicted molar refractivity (Wildman–Crippen MR) is 142 cm³/mol. The van der Waals surface area contributed by atoms with Gasteiger partial charge >= 0.3 is 5.97 Å². The second-order valence-electron chi connectivity index (χ2n) is 11.8. The van der Waals surface area contributed by atoms with Gasteiger partial charge in [0.2, 0.25) is 0 Å². The van der Waals surface area contributed by atoms with E-state index < -0.39 is 12.0 Å². The highest BCUT2D eigenvalue weighted by atomic mass is 35.5.